The van der Waals surface area contributed by atoms with E-state index in [-0.39, 0.29) is 19.3 Å². The minimum absolute atomic E-state index is 0.150. The number of aromatic nitrogens is 2. The molecule has 0 spiro atoms. The number of hydrogen-bond acceptors (Lipinski definition) is 3. The van der Waals surface area contributed by atoms with E-state index >= 15 is 0 Å². The summed E-state index contributed by atoms with van der Waals surface area (Å²) in [6.07, 6.45) is 2.18. The third kappa shape index (κ3) is 2.60. The van der Waals surface area contributed by atoms with Crippen molar-refractivity contribution < 1.29 is 9.31 Å². The molecule has 21 heavy (non-hydrogen) atoms. The first kappa shape index (κ1) is 14.6. The quantitative estimate of drug-likeness (QED) is 0.813. The van der Waals surface area contributed by atoms with E-state index in [1.807, 2.05) is 17.9 Å². The molecule has 5 heteroatoms. The fourth-order valence-corrected chi connectivity index (χ4v) is 3.01. The van der Waals surface area contributed by atoms with Gasteiger partial charge in [0.05, 0.1) is 23.9 Å². The van der Waals surface area contributed by atoms with E-state index < -0.39 is 0 Å². The van der Waals surface area contributed by atoms with Crippen LogP contribution in [0.1, 0.15) is 27.7 Å². The van der Waals surface area contributed by atoms with E-state index in [1.54, 1.807) is 0 Å². The molecule has 0 aliphatic carbocycles. The second-order valence-corrected chi connectivity index (χ2v) is 6.61. The molecule has 1 aromatic heterocycles. The van der Waals surface area contributed by atoms with Crippen LogP contribution in [-0.4, -0.2) is 29.1 Å². The van der Waals surface area contributed by atoms with Gasteiger partial charge in [0.25, 0.3) is 0 Å². The van der Waals surface area contributed by atoms with Gasteiger partial charge >= 0.3 is 7.12 Å². The summed E-state index contributed by atoms with van der Waals surface area (Å²) in [6, 6.07) is 6.28. The van der Waals surface area contributed by atoms with E-state index in [2.05, 4.69) is 51.0 Å². The number of nitrogens with zero attached hydrogens (tertiary/aromatic N) is 2. The Labute approximate surface area is 126 Å². The molecular formula is C16H23BN2O2. The molecule has 1 aliphatic heterocycles. The van der Waals surface area contributed by atoms with Crippen molar-refractivity contribution in [1.82, 2.24) is 9.78 Å². The molecule has 4 nitrogen and oxygen atoms in total. The molecule has 1 fully saturated rings. The summed E-state index contributed by atoms with van der Waals surface area (Å²) in [4.78, 5) is 0. The second-order valence-electron chi connectivity index (χ2n) is 6.61. The lowest BCUT2D eigenvalue weighted by atomic mass is 9.79. The lowest BCUT2D eigenvalue weighted by Crippen LogP contribution is -2.33. The van der Waals surface area contributed by atoms with Crippen LogP contribution in [0.2, 0.25) is 0 Å². The number of benzene rings is 1. The molecule has 112 valence electrons. The highest BCUT2D eigenvalue weighted by molar-refractivity contribution is 6.62. The maximum atomic E-state index is 6.20. The van der Waals surface area contributed by atoms with Gasteiger partial charge in [-0.15, -0.1) is 0 Å². The minimum atomic E-state index is -0.274. The highest BCUT2D eigenvalue weighted by Gasteiger charge is 2.43. The predicted octanol–water partition coefficient (Wildman–Crippen LogP) is 2.36. The summed E-state index contributed by atoms with van der Waals surface area (Å²) in [6.45, 7) is 8.76. The van der Waals surface area contributed by atoms with E-state index in [1.165, 1.54) is 0 Å². The van der Waals surface area contributed by atoms with Crippen molar-refractivity contribution in [3.8, 4) is 0 Å². The first-order valence-electron chi connectivity index (χ1n) is 7.70. The zero-order chi connectivity index (χ0) is 15.1. The zero-order valence-corrected chi connectivity index (χ0v) is 13.4. The average molecular weight is 286 g/mol. The van der Waals surface area contributed by atoms with Crippen LogP contribution in [0.5, 0.6) is 0 Å². The van der Waals surface area contributed by atoms with Crippen molar-refractivity contribution in [2.75, 3.05) is 0 Å². The van der Waals surface area contributed by atoms with Crippen molar-refractivity contribution in [2.45, 2.75) is 39.9 Å². The number of rotatable bonds is 3. The van der Waals surface area contributed by atoms with Crippen LogP contribution in [0.3, 0.4) is 0 Å². The lowest BCUT2D eigenvalue weighted by molar-refractivity contribution is 0.0815. The maximum absolute atomic E-state index is 6.20. The van der Waals surface area contributed by atoms with Crippen molar-refractivity contribution in [3.05, 3.63) is 24.4 Å². The summed E-state index contributed by atoms with van der Waals surface area (Å²) < 4.78 is 14.3. The summed E-state index contributed by atoms with van der Waals surface area (Å²) in [5, 5.41) is 5.42. The Morgan fingerprint density at radius 3 is 2.29 bits per heavy atom. The Morgan fingerprint density at radius 1 is 1.10 bits per heavy atom. The topological polar surface area (TPSA) is 36.3 Å². The highest BCUT2D eigenvalue weighted by atomic mass is 16.7. The number of aryl methyl sites for hydroxylation is 1. The molecule has 0 N–H and O–H groups in total. The largest absolute Gasteiger partial charge is 0.494 e. The van der Waals surface area contributed by atoms with Gasteiger partial charge in [-0.1, -0.05) is 39.8 Å². The second kappa shape index (κ2) is 5.46. The van der Waals surface area contributed by atoms with Gasteiger partial charge in [-0.2, -0.15) is 5.10 Å². The number of fused-ring (bicyclic) bond motifs is 1. The van der Waals surface area contributed by atoms with Gasteiger partial charge in [-0.05, 0) is 23.4 Å². The van der Waals surface area contributed by atoms with Crippen LogP contribution >= 0.6 is 0 Å². The molecule has 2 aromatic rings. The van der Waals surface area contributed by atoms with Gasteiger partial charge in [-0.3, -0.25) is 4.68 Å². The Balaban J connectivity index is 1.90. The predicted molar refractivity (Wildman–Crippen MR) is 85.5 cm³/mol. The fraction of sp³-hybridized carbons (Fsp3) is 0.562. The number of hydrogen-bond donors (Lipinski definition) is 0. The SMILES string of the molecule is CC(C)C1OB(c2ccc3cnn(C)c3c2)OC1C(C)C. The average Bonchev–Trinajstić information content (AvgIpc) is 3.03. The van der Waals surface area contributed by atoms with Crippen LogP contribution in [0.25, 0.3) is 10.9 Å². The smallest absolute Gasteiger partial charge is 0.402 e. The molecule has 1 aromatic carbocycles. The fourth-order valence-electron chi connectivity index (χ4n) is 3.01. The molecule has 0 bridgehead atoms. The summed E-state index contributed by atoms with van der Waals surface area (Å²) in [7, 11) is 1.68. The van der Waals surface area contributed by atoms with E-state index in [9.17, 15) is 0 Å². The third-order valence-electron chi connectivity index (χ3n) is 4.24. The normalized spacial score (nSPS) is 22.9. The van der Waals surface area contributed by atoms with Crippen molar-refractivity contribution in [1.29, 1.82) is 0 Å². The highest BCUT2D eigenvalue weighted by Crippen LogP contribution is 2.28. The molecule has 1 aliphatic rings. The summed E-state index contributed by atoms with van der Waals surface area (Å²) in [5.41, 5.74) is 2.17. The zero-order valence-electron chi connectivity index (χ0n) is 13.4. The molecule has 1 saturated heterocycles. The lowest BCUT2D eigenvalue weighted by Gasteiger charge is -2.24. The Kier molecular flexibility index (Phi) is 3.80. The maximum Gasteiger partial charge on any atom is 0.494 e. The Bertz CT molecular complexity index is 622. The standard InChI is InChI=1S/C16H23BN2O2/c1-10(2)15-16(11(3)4)21-17(20-15)13-7-6-12-9-18-19(5)14(12)8-13/h6-11,15-16H,1-5H3. The molecule has 0 amide bonds. The summed E-state index contributed by atoms with van der Waals surface area (Å²) in [5.74, 6) is 0.894. The van der Waals surface area contributed by atoms with Crippen LogP contribution in [0.15, 0.2) is 24.4 Å². The van der Waals surface area contributed by atoms with Crippen LogP contribution < -0.4 is 5.46 Å². The van der Waals surface area contributed by atoms with Gasteiger partial charge in [0.2, 0.25) is 0 Å². The van der Waals surface area contributed by atoms with Crippen molar-refractivity contribution >= 4 is 23.5 Å². The van der Waals surface area contributed by atoms with Gasteiger partial charge in [0.15, 0.2) is 0 Å². The van der Waals surface area contributed by atoms with Crippen molar-refractivity contribution in [3.63, 3.8) is 0 Å². The molecule has 3 rings (SSSR count). The van der Waals surface area contributed by atoms with Gasteiger partial charge < -0.3 is 9.31 Å². The Morgan fingerprint density at radius 2 is 1.71 bits per heavy atom. The molecular weight excluding hydrogens is 263 g/mol. The van der Waals surface area contributed by atoms with E-state index in [0.29, 0.717) is 11.8 Å². The van der Waals surface area contributed by atoms with Gasteiger partial charge in [0, 0.05) is 12.4 Å². The van der Waals surface area contributed by atoms with E-state index in [0.717, 1.165) is 16.4 Å². The minimum Gasteiger partial charge on any atom is -0.402 e. The van der Waals surface area contributed by atoms with Crippen LogP contribution in [0.4, 0.5) is 0 Å². The molecule has 2 atom stereocenters. The van der Waals surface area contributed by atoms with Crippen LogP contribution in [0, 0.1) is 11.8 Å². The summed E-state index contributed by atoms with van der Waals surface area (Å²) >= 11 is 0. The molecule has 2 heterocycles. The van der Waals surface area contributed by atoms with Crippen LogP contribution in [-0.2, 0) is 16.4 Å². The van der Waals surface area contributed by atoms with Gasteiger partial charge in [-0.25, -0.2) is 0 Å². The molecule has 0 saturated carbocycles. The molecule has 2 unspecified atom stereocenters. The third-order valence-corrected chi connectivity index (χ3v) is 4.24. The first-order valence-corrected chi connectivity index (χ1v) is 7.70. The monoisotopic (exact) mass is 286 g/mol. The molecule has 0 radical (unpaired) electrons. The van der Waals surface area contributed by atoms with E-state index in [4.69, 9.17) is 9.31 Å². The van der Waals surface area contributed by atoms with Crippen molar-refractivity contribution in [2.24, 2.45) is 18.9 Å². The van der Waals surface area contributed by atoms with Gasteiger partial charge in [0.1, 0.15) is 0 Å². The first-order chi connectivity index (χ1) is 9.97. The Hall–Kier alpha value is -1.33.